The van der Waals surface area contributed by atoms with Crippen LogP contribution in [0.25, 0.3) is 0 Å². The van der Waals surface area contributed by atoms with Crippen molar-refractivity contribution >= 4 is 17.9 Å². The molecule has 0 aromatic heterocycles. The van der Waals surface area contributed by atoms with Gasteiger partial charge in [0.1, 0.15) is 53.1 Å². The highest BCUT2D eigenvalue weighted by Gasteiger charge is 2.24. The second-order valence-electron chi connectivity index (χ2n) is 6.73. The summed E-state index contributed by atoms with van der Waals surface area (Å²) in [5, 5.41) is 28.7. The van der Waals surface area contributed by atoms with Gasteiger partial charge in [-0.05, 0) is 48.5 Å². The summed E-state index contributed by atoms with van der Waals surface area (Å²) < 4.78 is 21.2. The molecule has 10 nitrogen and oxygen atoms in total. The monoisotopic (exact) mass is 468 g/mol. The molecule has 0 aliphatic rings. The number of carboxylic acid groups (broad SMARTS) is 2. The van der Waals surface area contributed by atoms with Crippen LogP contribution in [0.3, 0.4) is 0 Å². The first kappa shape index (κ1) is 23.9. The van der Waals surface area contributed by atoms with E-state index in [1.165, 1.54) is 24.3 Å². The molecule has 0 radical (unpaired) electrons. The van der Waals surface area contributed by atoms with Crippen molar-refractivity contribution in [1.82, 2.24) is 0 Å². The standard InChI is InChI=1S/C24H20O10/c1-31-14-5-7-15(8-6-14)32-11-12-33-16-9-10-17(19(25)13-16)24(30)34-20-4-2-3-18(22(26)27)21(20)23(28)29/h2-10,13,25H,11-12H2,1H3,(H,26,27)(H,28,29). The zero-order valence-electron chi connectivity index (χ0n) is 17.9. The lowest BCUT2D eigenvalue weighted by molar-refractivity contribution is 0.0637. The summed E-state index contributed by atoms with van der Waals surface area (Å²) in [5.41, 5.74) is -1.49. The van der Waals surface area contributed by atoms with Crippen molar-refractivity contribution in [2.24, 2.45) is 0 Å². The summed E-state index contributed by atoms with van der Waals surface area (Å²) in [6, 6.07) is 14.3. The van der Waals surface area contributed by atoms with Gasteiger partial charge in [-0.2, -0.15) is 0 Å². The number of phenolic OH excluding ortho intramolecular Hbond substituents is 1. The van der Waals surface area contributed by atoms with Crippen LogP contribution in [0, 0.1) is 0 Å². The van der Waals surface area contributed by atoms with Crippen LogP contribution in [0.1, 0.15) is 31.1 Å². The number of rotatable bonds is 10. The molecule has 0 heterocycles. The molecule has 3 aromatic carbocycles. The SMILES string of the molecule is COc1ccc(OCCOc2ccc(C(=O)Oc3cccc(C(=O)O)c3C(=O)O)c(O)c2)cc1. The third kappa shape index (κ3) is 5.74. The number of ether oxygens (including phenoxy) is 4. The van der Waals surface area contributed by atoms with Gasteiger partial charge < -0.3 is 34.3 Å². The molecule has 176 valence electrons. The molecular weight excluding hydrogens is 448 g/mol. The number of benzene rings is 3. The summed E-state index contributed by atoms with van der Waals surface area (Å²) in [7, 11) is 1.56. The molecule has 3 aromatic rings. The van der Waals surface area contributed by atoms with Crippen molar-refractivity contribution in [2.75, 3.05) is 20.3 Å². The van der Waals surface area contributed by atoms with Gasteiger partial charge in [-0.15, -0.1) is 0 Å². The van der Waals surface area contributed by atoms with E-state index < -0.39 is 40.5 Å². The summed E-state index contributed by atoms with van der Waals surface area (Å²) in [6.07, 6.45) is 0. The molecule has 0 atom stereocenters. The summed E-state index contributed by atoms with van der Waals surface area (Å²) >= 11 is 0. The highest BCUT2D eigenvalue weighted by molar-refractivity contribution is 6.05. The average Bonchev–Trinajstić information content (AvgIpc) is 2.81. The molecule has 0 fully saturated rings. The smallest absolute Gasteiger partial charge is 0.347 e. The number of hydrogen-bond donors (Lipinski definition) is 3. The normalized spacial score (nSPS) is 10.3. The second-order valence-corrected chi connectivity index (χ2v) is 6.73. The molecule has 0 unspecified atom stereocenters. The number of methoxy groups -OCH3 is 1. The lowest BCUT2D eigenvalue weighted by Crippen LogP contribution is -2.15. The molecule has 10 heteroatoms. The molecule has 0 aliphatic carbocycles. The Labute approximate surface area is 193 Å². The Morgan fingerprint density at radius 2 is 1.38 bits per heavy atom. The van der Waals surface area contributed by atoms with Gasteiger partial charge in [0.25, 0.3) is 0 Å². The van der Waals surface area contributed by atoms with E-state index >= 15 is 0 Å². The molecule has 0 saturated carbocycles. The molecule has 0 spiro atoms. The molecule has 0 amide bonds. The average molecular weight is 468 g/mol. The van der Waals surface area contributed by atoms with Crippen molar-refractivity contribution in [3.8, 4) is 28.7 Å². The van der Waals surface area contributed by atoms with Crippen molar-refractivity contribution in [1.29, 1.82) is 0 Å². The largest absolute Gasteiger partial charge is 0.507 e. The Kier molecular flexibility index (Phi) is 7.55. The van der Waals surface area contributed by atoms with Gasteiger partial charge in [0.05, 0.1) is 12.7 Å². The van der Waals surface area contributed by atoms with Crippen LogP contribution in [0.4, 0.5) is 0 Å². The number of hydrogen-bond acceptors (Lipinski definition) is 8. The van der Waals surface area contributed by atoms with Crippen LogP contribution < -0.4 is 18.9 Å². The fraction of sp³-hybridized carbons (Fsp3) is 0.125. The third-order valence-electron chi connectivity index (χ3n) is 4.54. The van der Waals surface area contributed by atoms with E-state index in [1.54, 1.807) is 31.4 Å². The van der Waals surface area contributed by atoms with Gasteiger partial charge in [0, 0.05) is 6.07 Å². The number of carbonyl (C=O) groups is 3. The van der Waals surface area contributed by atoms with Gasteiger partial charge in [0.2, 0.25) is 0 Å². The van der Waals surface area contributed by atoms with Crippen LogP contribution in [0.2, 0.25) is 0 Å². The first-order valence-corrected chi connectivity index (χ1v) is 9.84. The van der Waals surface area contributed by atoms with Crippen LogP contribution in [0.5, 0.6) is 28.7 Å². The van der Waals surface area contributed by atoms with E-state index in [2.05, 4.69) is 0 Å². The molecule has 0 aliphatic heterocycles. The Hall–Kier alpha value is -4.73. The molecule has 34 heavy (non-hydrogen) atoms. The van der Waals surface area contributed by atoms with Crippen LogP contribution in [0.15, 0.2) is 60.7 Å². The number of carboxylic acids is 2. The molecule has 0 bridgehead atoms. The summed E-state index contributed by atoms with van der Waals surface area (Å²) in [4.78, 5) is 35.2. The Morgan fingerprint density at radius 3 is 1.97 bits per heavy atom. The van der Waals surface area contributed by atoms with Crippen molar-refractivity contribution in [2.45, 2.75) is 0 Å². The molecule has 0 saturated heterocycles. The fourth-order valence-corrected chi connectivity index (χ4v) is 2.93. The minimum Gasteiger partial charge on any atom is -0.507 e. The van der Waals surface area contributed by atoms with Gasteiger partial charge in [0.15, 0.2) is 0 Å². The van der Waals surface area contributed by atoms with Crippen LogP contribution in [-0.4, -0.2) is 53.6 Å². The van der Waals surface area contributed by atoms with Crippen molar-refractivity contribution < 1.29 is 48.7 Å². The zero-order valence-corrected chi connectivity index (χ0v) is 17.9. The van der Waals surface area contributed by atoms with E-state index in [0.29, 0.717) is 11.5 Å². The van der Waals surface area contributed by atoms with Gasteiger partial charge in [-0.3, -0.25) is 0 Å². The predicted octanol–water partition coefficient (Wildman–Crippen LogP) is 3.47. The number of aromatic hydroxyl groups is 1. The predicted molar refractivity (Wildman–Crippen MR) is 117 cm³/mol. The molecule has 3 rings (SSSR count). The van der Waals surface area contributed by atoms with E-state index in [-0.39, 0.29) is 24.5 Å². The highest BCUT2D eigenvalue weighted by Crippen LogP contribution is 2.28. The van der Waals surface area contributed by atoms with Crippen molar-refractivity contribution in [3.63, 3.8) is 0 Å². The lowest BCUT2D eigenvalue weighted by Gasteiger charge is -2.12. The minimum atomic E-state index is -1.58. The third-order valence-corrected chi connectivity index (χ3v) is 4.54. The minimum absolute atomic E-state index is 0.152. The first-order valence-electron chi connectivity index (χ1n) is 9.84. The molecular formula is C24H20O10. The summed E-state index contributed by atoms with van der Waals surface area (Å²) in [6.45, 7) is 0.369. The number of carbonyl (C=O) groups excluding carboxylic acids is 1. The fourth-order valence-electron chi connectivity index (χ4n) is 2.93. The highest BCUT2D eigenvalue weighted by atomic mass is 16.5. The van der Waals surface area contributed by atoms with Gasteiger partial charge in [-0.25, -0.2) is 14.4 Å². The number of phenols is 1. The van der Waals surface area contributed by atoms with Crippen LogP contribution >= 0.6 is 0 Å². The Morgan fingerprint density at radius 1 is 0.765 bits per heavy atom. The molecule has 3 N–H and O–H groups in total. The first-order chi connectivity index (χ1) is 16.3. The van der Waals surface area contributed by atoms with Crippen molar-refractivity contribution in [3.05, 3.63) is 77.4 Å². The topological polar surface area (TPSA) is 149 Å². The summed E-state index contributed by atoms with van der Waals surface area (Å²) in [5.74, 6) is -3.49. The van der Waals surface area contributed by atoms with E-state index in [9.17, 15) is 24.6 Å². The maximum absolute atomic E-state index is 12.5. The lowest BCUT2D eigenvalue weighted by atomic mass is 10.1. The van der Waals surface area contributed by atoms with Gasteiger partial charge in [-0.1, -0.05) is 6.07 Å². The number of esters is 1. The number of aromatic carboxylic acids is 2. The van der Waals surface area contributed by atoms with E-state index in [0.717, 1.165) is 12.1 Å². The Bertz CT molecular complexity index is 1200. The van der Waals surface area contributed by atoms with Gasteiger partial charge >= 0.3 is 17.9 Å². The zero-order chi connectivity index (χ0) is 24.7. The van der Waals surface area contributed by atoms with E-state index in [1.807, 2.05) is 0 Å². The maximum atomic E-state index is 12.5. The maximum Gasteiger partial charge on any atom is 0.347 e. The van der Waals surface area contributed by atoms with E-state index in [4.69, 9.17) is 24.1 Å². The second kappa shape index (κ2) is 10.7. The quantitative estimate of drug-likeness (QED) is 0.229. The Balaban J connectivity index is 1.62. The van der Waals surface area contributed by atoms with Crippen LogP contribution in [-0.2, 0) is 0 Å².